The molecule has 0 spiro atoms. The zero-order valence-electron chi connectivity index (χ0n) is 13.3. The summed E-state index contributed by atoms with van der Waals surface area (Å²) in [4.78, 5) is 8.76. The van der Waals surface area contributed by atoms with Gasteiger partial charge in [0.1, 0.15) is 17.4 Å². The van der Waals surface area contributed by atoms with Gasteiger partial charge in [0, 0.05) is 57.2 Å². The summed E-state index contributed by atoms with van der Waals surface area (Å²) in [7, 11) is 2.01. The van der Waals surface area contributed by atoms with Gasteiger partial charge in [0.25, 0.3) is 0 Å². The molecule has 3 heterocycles. The lowest BCUT2D eigenvalue weighted by Gasteiger charge is -2.19. The predicted octanol–water partition coefficient (Wildman–Crippen LogP) is 3.06. The van der Waals surface area contributed by atoms with Crippen LogP contribution >= 0.6 is 0 Å². The fourth-order valence-corrected chi connectivity index (χ4v) is 3.18. The molecule has 4 rings (SSSR count). The highest BCUT2D eigenvalue weighted by molar-refractivity contribution is 5.77. The monoisotopic (exact) mass is 312 g/mol. The number of imidazole rings is 1. The van der Waals surface area contributed by atoms with Crippen molar-refractivity contribution >= 4 is 16.8 Å². The number of aryl methyl sites for hydroxylation is 2. The minimum absolute atomic E-state index is 0.0544. The van der Waals surface area contributed by atoms with Crippen LogP contribution in [0.4, 0.5) is 5.69 Å². The first-order valence-electron chi connectivity index (χ1n) is 7.90. The number of ether oxygens (including phenoxy) is 1. The molecule has 0 bridgehead atoms. The van der Waals surface area contributed by atoms with E-state index in [4.69, 9.17) is 9.15 Å². The second-order valence-corrected chi connectivity index (χ2v) is 6.03. The van der Waals surface area contributed by atoms with Gasteiger partial charge in [0.05, 0.1) is 0 Å². The van der Waals surface area contributed by atoms with Crippen LogP contribution in [0.25, 0.3) is 11.1 Å². The van der Waals surface area contributed by atoms with E-state index >= 15 is 0 Å². The van der Waals surface area contributed by atoms with E-state index in [1.54, 1.807) is 0 Å². The van der Waals surface area contributed by atoms with Crippen molar-refractivity contribution in [1.82, 2.24) is 14.5 Å². The largest absolute Gasteiger partial charge is 0.441 e. The molecule has 23 heavy (non-hydrogen) atoms. The Balaban J connectivity index is 1.47. The minimum Gasteiger partial charge on any atom is -0.441 e. The van der Waals surface area contributed by atoms with Crippen molar-refractivity contribution in [2.24, 2.45) is 13.0 Å². The SMILES string of the molecule is Cc1nc2ccc(NC[C@@H]3CCO[C@H]3c3nccn3C)cc2o1. The number of hydrogen-bond donors (Lipinski definition) is 1. The summed E-state index contributed by atoms with van der Waals surface area (Å²) in [5.74, 6) is 2.09. The van der Waals surface area contributed by atoms with Gasteiger partial charge in [-0.05, 0) is 18.6 Å². The van der Waals surface area contributed by atoms with E-state index in [0.29, 0.717) is 11.8 Å². The number of fused-ring (bicyclic) bond motifs is 1. The Morgan fingerprint density at radius 1 is 1.39 bits per heavy atom. The average molecular weight is 312 g/mol. The van der Waals surface area contributed by atoms with E-state index in [1.807, 2.05) is 49.1 Å². The first-order chi connectivity index (χ1) is 11.2. The molecule has 2 atom stereocenters. The predicted molar refractivity (Wildman–Crippen MR) is 87.2 cm³/mol. The van der Waals surface area contributed by atoms with Gasteiger partial charge in [0.15, 0.2) is 11.5 Å². The van der Waals surface area contributed by atoms with Crippen LogP contribution in [0.15, 0.2) is 35.0 Å². The molecule has 1 aliphatic heterocycles. The molecular formula is C17H20N4O2. The van der Waals surface area contributed by atoms with Gasteiger partial charge >= 0.3 is 0 Å². The molecule has 1 aromatic carbocycles. The molecule has 3 aromatic rings. The number of oxazole rings is 1. The molecule has 0 unspecified atom stereocenters. The normalized spacial score (nSPS) is 21.1. The number of hydrogen-bond acceptors (Lipinski definition) is 5. The van der Waals surface area contributed by atoms with Crippen LogP contribution in [0.1, 0.15) is 24.2 Å². The third kappa shape index (κ3) is 2.70. The van der Waals surface area contributed by atoms with Crippen LogP contribution in [0.3, 0.4) is 0 Å². The summed E-state index contributed by atoms with van der Waals surface area (Å²) < 4.78 is 13.5. The Morgan fingerprint density at radius 2 is 2.30 bits per heavy atom. The lowest BCUT2D eigenvalue weighted by Crippen LogP contribution is -2.20. The highest BCUT2D eigenvalue weighted by Gasteiger charge is 2.32. The third-order valence-corrected chi connectivity index (χ3v) is 4.39. The molecule has 0 aliphatic carbocycles. The van der Waals surface area contributed by atoms with Gasteiger partial charge < -0.3 is 19.0 Å². The van der Waals surface area contributed by atoms with E-state index < -0.39 is 0 Å². The first-order valence-corrected chi connectivity index (χ1v) is 7.90. The van der Waals surface area contributed by atoms with Gasteiger partial charge in [0.2, 0.25) is 0 Å². The molecule has 6 heteroatoms. The Hall–Kier alpha value is -2.34. The number of rotatable bonds is 4. The number of nitrogens with one attached hydrogen (secondary N) is 1. The second-order valence-electron chi connectivity index (χ2n) is 6.03. The van der Waals surface area contributed by atoms with Crippen molar-refractivity contribution in [2.75, 3.05) is 18.5 Å². The molecule has 1 aliphatic rings. The number of aromatic nitrogens is 3. The fraction of sp³-hybridized carbons (Fsp3) is 0.412. The van der Waals surface area contributed by atoms with Crippen LogP contribution in [0, 0.1) is 12.8 Å². The Bertz CT molecular complexity index is 823. The summed E-state index contributed by atoms with van der Waals surface area (Å²) in [6.07, 6.45) is 4.87. The second kappa shape index (κ2) is 5.70. The summed E-state index contributed by atoms with van der Waals surface area (Å²) >= 11 is 0. The summed E-state index contributed by atoms with van der Waals surface area (Å²) in [5.41, 5.74) is 2.75. The molecule has 1 fully saturated rings. The molecular weight excluding hydrogens is 292 g/mol. The van der Waals surface area contributed by atoms with Crippen molar-refractivity contribution in [2.45, 2.75) is 19.4 Å². The van der Waals surface area contributed by atoms with Gasteiger partial charge in [-0.15, -0.1) is 0 Å². The maximum absolute atomic E-state index is 5.90. The summed E-state index contributed by atoms with van der Waals surface area (Å²) in [6.45, 7) is 3.49. The molecule has 1 saturated heterocycles. The molecule has 0 radical (unpaired) electrons. The van der Waals surface area contributed by atoms with E-state index in [-0.39, 0.29) is 6.10 Å². The third-order valence-electron chi connectivity index (χ3n) is 4.39. The lowest BCUT2D eigenvalue weighted by molar-refractivity contribution is 0.0839. The van der Waals surface area contributed by atoms with Crippen molar-refractivity contribution < 1.29 is 9.15 Å². The topological polar surface area (TPSA) is 65.1 Å². The average Bonchev–Trinajstić information content (AvgIpc) is 3.22. The maximum Gasteiger partial charge on any atom is 0.192 e. The zero-order valence-corrected chi connectivity index (χ0v) is 13.3. The van der Waals surface area contributed by atoms with Gasteiger partial charge in [-0.1, -0.05) is 0 Å². The lowest BCUT2D eigenvalue weighted by atomic mass is 10.0. The van der Waals surface area contributed by atoms with Crippen LogP contribution in [0.2, 0.25) is 0 Å². The molecule has 0 amide bonds. The quantitative estimate of drug-likeness (QED) is 0.802. The number of benzene rings is 1. The number of anilines is 1. The Labute approximate surface area is 134 Å². The molecule has 1 N–H and O–H groups in total. The van der Waals surface area contributed by atoms with Crippen LogP contribution in [-0.2, 0) is 11.8 Å². The maximum atomic E-state index is 5.90. The standard InChI is InChI=1S/C17H20N4O2/c1-11-20-14-4-3-13(9-15(14)23-11)19-10-12-5-8-22-16(12)17-18-6-7-21(17)2/h3-4,6-7,9,12,16,19H,5,8,10H2,1-2H3/t12-,16+/m0/s1. The van der Waals surface area contributed by atoms with E-state index in [9.17, 15) is 0 Å². The molecule has 0 saturated carbocycles. The Morgan fingerprint density at radius 3 is 3.13 bits per heavy atom. The fourth-order valence-electron chi connectivity index (χ4n) is 3.18. The van der Waals surface area contributed by atoms with Crippen molar-refractivity contribution in [3.05, 3.63) is 42.3 Å². The van der Waals surface area contributed by atoms with E-state index in [1.165, 1.54) is 0 Å². The van der Waals surface area contributed by atoms with Gasteiger partial charge in [-0.2, -0.15) is 0 Å². The van der Waals surface area contributed by atoms with E-state index in [0.717, 1.165) is 42.2 Å². The smallest absolute Gasteiger partial charge is 0.192 e. The van der Waals surface area contributed by atoms with Crippen LogP contribution in [-0.4, -0.2) is 27.7 Å². The summed E-state index contributed by atoms with van der Waals surface area (Å²) in [5, 5.41) is 3.49. The highest BCUT2D eigenvalue weighted by atomic mass is 16.5. The van der Waals surface area contributed by atoms with Crippen molar-refractivity contribution in [3.8, 4) is 0 Å². The van der Waals surface area contributed by atoms with Gasteiger partial charge in [-0.25, -0.2) is 9.97 Å². The van der Waals surface area contributed by atoms with Crippen molar-refractivity contribution in [3.63, 3.8) is 0 Å². The minimum atomic E-state index is 0.0544. The van der Waals surface area contributed by atoms with Crippen LogP contribution in [0.5, 0.6) is 0 Å². The van der Waals surface area contributed by atoms with Crippen molar-refractivity contribution in [1.29, 1.82) is 0 Å². The first kappa shape index (κ1) is 14.3. The molecule has 120 valence electrons. The number of nitrogens with zero attached hydrogens (tertiary/aromatic N) is 3. The van der Waals surface area contributed by atoms with Gasteiger partial charge in [-0.3, -0.25) is 0 Å². The van der Waals surface area contributed by atoms with Crippen LogP contribution < -0.4 is 5.32 Å². The van der Waals surface area contributed by atoms with E-state index in [2.05, 4.69) is 15.3 Å². The zero-order chi connectivity index (χ0) is 15.8. The Kier molecular flexibility index (Phi) is 3.53. The molecule has 6 nitrogen and oxygen atoms in total. The molecule has 2 aromatic heterocycles. The summed E-state index contributed by atoms with van der Waals surface area (Å²) in [6, 6.07) is 6.02. The highest BCUT2D eigenvalue weighted by Crippen LogP contribution is 2.33.